The van der Waals surface area contributed by atoms with Crippen molar-refractivity contribution >= 4 is 17.5 Å². The minimum atomic E-state index is -0.688. The molecule has 4 unspecified atom stereocenters. The third kappa shape index (κ3) is 3.48. The van der Waals surface area contributed by atoms with E-state index in [-0.39, 0.29) is 29.5 Å². The molecule has 0 saturated heterocycles. The van der Waals surface area contributed by atoms with Gasteiger partial charge in [0, 0.05) is 6.07 Å². The van der Waals surface area contributed by atoms with E-state index in [1.165, 1.54) is 4.90 Å². The molecule has 4 atom stereocenters. The molecule has 1 fully saturated rings. The largest absolute Gasteiger partial charge is 0.493 e. The highest BCUT2D eigenvalue weighted by Gasteiger charge is 2.53. The van der Waals surface area contributed by atoms with Gasteiger partial charge in [0.15, 0.2) is 28.9 Å². The fraction of sp³-hybridized carbons (Fsp3) is 0.480. The smallest absolute Gasteiger partial charge is 0.295 e. The second-order valence-electron chi connectivity index (χ2n) is 9.00. The average Bonchev–Trinajstić information content (AvgIpc) is 3.36. The third-order valence-electron chi connectivity index (χ3n) is 6.78. The van der Waals surface area contributed by atoms with Gasteiger partial charge in [0.05, 0.1) is 31.2 Å². The fourth-order valence-corrected chi connectivity index (χ4v) is 5.22. The topological polar surface area (TPSA) is 91.1 Å². The normalized spacial score (nSPS) is 26.7. The number of carbonyl (C=O) groups is 2. The van der Waals surface area contributed by atoms with E-state index in [0.717, 1.165) is 19.3 Å². The summed E-state index contributed by atoms with van der Waals surface area (Å²) in [7, 11) is 1.56. The summed E-state index contributed by atoms with van der Waals surface area (Å²) in [4.78, 5) is 28.9. The van der Waals surface area contributed by atoms with Crippen molar-refractivity contribution in [2.75, 3.05) is 18.6 Å². The number of carbonyl (C=O) groups excluding carboxylic acids is 2. The number of ketones is 1. The number of hydrogen-bond donors (Lipinski definition) is 0. The van der Waals surface area contributed by atoms with Gasteiger partial charge in [0.25, 0.3) is 5.91 Å². The van der Waals surface area contributed by atoms with Crippen molar-refractivity contribution in [1.29, 1.82) is 0 Å². The number of hydrogen-bond acceptors (Lipinski definition) is 7. The number of ether oxygens (including phenoxy) is 3. The van der Waals surface area contributed by atoms with Gasteiger partial charge in [-0.15, -0.1) is 0 Å². The van der Waals surface area contributed by atoms with E-state index in [1.807, 2.05) is 19.1 Å². The Morgan fingerprint density at radius 1 is 1.18 bits per heavy atom. The Hall–Kier alpha value is -3.29. The Balaban J connectivity index is 1.64. The highest BCUT2D eigenvalue weighted by Crippen LogP contribution is 2.49. The van der Waals surface area contributed by atoms with Crippen molar-refractivity contribution in [3.63, 3.8) is 0 Å². The number of nitrogens with zero attached hydrogens (tertiary/aromatic N) is 2. The number of benzene rings is 1. The molecule has 2 aromatic rings. The molecule has 0 bridgehead atoms. The summed E-state index contributed by atoms with van der Waals surface area (Å²) in [5.41, 5.74) is 1.11. The monoisotopic (exact) mass is 452 g/mol. The zero-order valence-corrected chi connectivity index (χ0v) is 19.3. The van der Waals surface area contributed by atoms with Gasteiger partial charge in [0.1, 0.15) is 11.9 Å². The lowest BCUT2D eigenvalue weighted by Gasteiger charge is -2.37. The minimum Gasteiger partial charge on any atom is -0.493 e. The number of rotatable bonds is 5. The molecule has 0 N–H and O–H groups in total. The van der Waals surface area contributed by atoms with E-state index in [0.29, 0.717) is 46.7 Å². The Bertz CT molecular complexity index is 1140. The first-order chi connectivity index (χ1) is 15.9. The van der Waals surface area contributed by atoms with Crippen molar-refractivity contribution in [3.8, 4) is 11.5 Å². The predicted octanol–water partition coefficient (Wildman–Crippen LogP) is 4.14. The molecule has 2 aliphatic heterocycles. The van der Waals surface area contributed by atoms with Gasteiger partial charge in [-0.1, -0.05) is 18.1 Å². The van der Waals surface area contributed by atoms with Crippen molar-refractivity contribution in [2.45, 2.75) is 52.2 Å². The molecule has 1 aromatic heterocycles. The summed E-state index contributed by atoms with van der Waals surface area (Å²) in [5, 5.41) is 4.08. The molecule has 3 heterocycles. The second kappa shape index (κ2) is 8.24. The van der Waals surface area contributed by atoms with Gasteiger partial charge in [-0.05, 0) is 56.7 Å². The van der Waals surface area contributed by atoms with Crippen LogP contribution in [-0.2, 0) is 14.3 Å². The number of amides is 1. The van der Waals surface area contributed by atoms with E-state index in [4.69, 9.17) is 18.7 Å². The van der Waals surface area contributed by atoms with Gasteiger partial charge >= 0.3 is 0 Å². The molecule has 0 radical (unpaired) electrons. The first-order valence-electron chi connectivity index (χ1n) is 11.5. The Morgan fingerprint density at radius 2 is 2.00 bits per heavy atom. The molecule has 8 nitrogen and oxygen atoms in total. The van der Waals surface area contributed by atoms with E-state index in [1.54, 1.807) is 26.2 Å². The molecule has 0 spiro atoms. The van der Waals surface area contributed by atoms with Gasteiger partial charge in [-0.25, -0.2) is 0 Å². The maximum atomic E-state index is 13.8. The molecule has 1 aliphatic carbocycles. The van der Waals surface area contributed by atoms with Crippen molar-refractivity contribution in [2.24, 2.45) is 11.8 Å². The summed E-state index contributed by atoms with van der Waals surface area (Å²) in [6.07, 6.45) is 2.26. The third-order valence-corrected chi connectivity index (χ3v) is 6.78. The highest BCUT2D eigenvalue weighted by molar-refractivity contribution is 6.17. The van der Waals surface area contributed by atoms with Crippen LogP contribution in [0.3, 0.4) is 0 Å². The number of aryl methyl sites for hydroxylation is 1. The van der Waals surface area contributed by atoms with Crippen molar-refractivity contribution in [3.05, 3.63) is 46.9 Å². The maximum absolute atomic E-state index is 13.8. The zero-order valence-electron chi connectivity index (χ0n) is 19.3. The molecule has 8 heteroatoms. The molecular weight excluding hydrogens is 424 g/mol. The Morgan fingerprint density at radius 3 is 2.70 bits per heavy atom. The Kier molecular flexibility index (Phi) is 5.38. The quantitative estimate of drug-likeness (QED) is 0.673. The van der Waals surface area contributed by atoms with Crippen LogP contribution in [0.5, 0.6) is 11.5 Å². The van der Waals surface area contributed by atoms with Crippen molar-refractivity contribution in [1.82, 2.24) is 5.16 Å². The van der Waals surface area contributed by atoms with Gasteiger partial charge < -0.3 is 18.7 Å². The van der Waals surface area contributed by atoms with Crippen molar-refractivity contribution < 1.29 is 28.3 Å². The van der Waals surface area contributed by atoms with Crippen LogP contribution in [0, 0.1) is 18.8 Å². The predicted molar refractivity (Wildman–Crippen MR) is 119 cm³/mol. The van der Waals surface area contributed by atoms with Crippen LogP contribution < -0.4 is 14.4 Å². The maximum Gasteiger partial charge on any atom is 0.295 e. The molecule has 1 amide bonds. The number of fused-ring (bicyclic) bond motifs is 1. The lowest BCUT2D eigenvalue weighted by Crippen LogP contribution is -2.41. The molecule has 174 valence electrons. The zero-order chi connectivity index (χ0) is 23.3. The van der Waals surface area contributed by atoms with Crippen LogP contribution in [0.1, 0.15) is 50.5 Å². The SMILES string of the molecule is CCOc1ccc(C2C3=C(OC4CCC(C)CC4C3=O)C(=O)N2c2cc(C)on2)cc1OC. The summed E-state index contributed by atoms with van der Waals surface area (Å²) in [6, 6.07) is 6.46. The van der Waals surface area contributed by atoms with Gasteiger partial charge in [-0.3, -0.25) is 14.5 Å². The second-order valence-corrected chi connectivity index (χ2v) is 9.00. The summed E-state index contributed by atoms with van der Waals surface area (Å²) in [6.45, 7) is 6.31. The van der Waals surface area contributed by atoms with E-state index >= 15 is 0 Å². The van der Waals surface area contributed by atoms with E-state index in [2.05, 4.69) is 12.1 Å². The number of aromatic nitrogens is 1. The van der Waals surface area contributed by atoms with Crippen LogP contribution in [0.4, 0.5) is 5.82 Å². The highest BCUT2D eigenvalue weighted by atomic mass is 16.5. The molecular formula is C25H28N2O6. The fourth-order valence-electron chi connectivity index (χ4n) is 5.22. The average molecular weight is 453 g/mol. The summed E-state index contributed by atoms with van der Waals surface area (Å²) in [5.74, 6) is 1.98. The number of anilines is 1. The number of Topliss-reactive ketones (excluding diaryl/α,β-unsaturated/α-hetero) is 1. The molecule has 5 rings (SSSR count). The Labute approximate surface area is 192 Å². The lowest BCUT2D eigenvalue weighted by atomic mass is 9.74. The molecule has 1 aromatic carbocycles. The van der Waals surface area contributed by atoms with Gasteiger partial charge in [-0.2, -0.15) is 0 Å². The molecule has 33 heavy (non-hydrogen) atoms. The first-order valence-corrected chi connectivity index (χ1v) is 11.5. The first kappa shape index (κ1) is 21.6. The van der Waals surface area contributed by atoms with E-state index < -0.39 is 6.04 Å². The van der Waals surface area contributed by atoms with Crippen LogP contribution in [0.15, 0.2) is 40.1 Å². The number of methoxy groups -OCH3 is 1. The van der Waals surface area contributed by atoms with Crippen LogP contribution in [-0.4, -0.2) is 36.7 Å². The summed E-state index contributed by atoms with van der Waals surface area (Å²) < 4.78 is 22.7. The standard InChI is InChI=1S/C25H28N2O6/c1-5-31-18-9-7-15(12-19(18)30-4)22-21-23(28)16-10-13(2)6-8-17(16)32-24(21)25(29)27(22)20-11-14(3)33-26-20/h7,9,11-13,16-17,22H,5-6,8,10H2,1-4H3. The van der Waals surface area contributed by atoms with Crippen LogP contribution in [0.25, 0.3) is 0 Å². The van der Waals surface area contributed by atoms with Gasteiger partial charge in [0.2, 0.25) is 0 Å². The lowest BCUT2D eigenvalue weighted by molar-refractivity contribution is -0.132. The minimum absolute atomic E-state index is 0.0123. The van der Waals surface area contributed by atoms with E-state index in [9.17, 15) is 9.59 Å². The summed E-state index contributed by atoms with van der Waals surface area (Å²) >= 11 is 0. The van der Waals surface area contributed by atoms with Crippen LogP contribution >= 0.6 is 0 Å². The molecule has 3 aliphatic rings. The molecule has 1 saturated carbocycles. The van der Waals surface area contributed by atoms with Crippen LogP contribution in [0.2, 0.25) is 0 Å².